The third-order valence-electron chi connectivity index (χ3n) is 1.80. The molecule has 0 N–H and O–H groups in total. The van der Waals surface area contributed by atoms with Crippen LogP contribution in [0.1, 0.15) is 20.3 Å². The number of hydrogen-bond acceptors (Lipinski definition) is 3. The minimum Gasteiger partial charge on any atom is -0.379 e. The highest BCUT2D eigenvalue weighted by Crippen LogP contribution is 1.87. The molecule has 0 aliphatic heterocycles. The summed E-state index contributed by atoms with van der Waals surface area (Å²) in [6.45, 7) is 8.69. The van der Waals surface area contributed by atoms with Crippen molar-refractivity contribution >= 4 is 0 Å². The second-order valence-corrected chi connectivity index (χ2v) is 2.55. The van der Waals surface area contributed by atoms with Crippen molar-refractivity contribution in [3.8, 4) is 6.07 Å². The molecule has 0 aromatic heterocycles. The van der Waals surface area contributed by atoms with Crippen molar-refractivity contribution in [1.82, 2.24) is 4.90 Å². The van der Waals surface area contributed by atoms with Gasteiger partial charge in [-0.25, -0.2) is 0 Å². The summed E-state index contributed by atoms with van der Waals surface area (Å²) in [4.78, 5) is 2.30. The smallest absolute Gasteiger partial charge is 0.0645 e. The highest BCUT2D eigenvalue weighted by molar-refractivity contribution is 4.67. The molecule has 0 bridgehead atoms. The summed E-state index contributed by atoms with van der Waals surface area (Å²) in [5.41, 5.74) is 0. The van der Waals surface area contributed by atoms with Crippen LogP contribution in [0, 0.1) is 11.3 Å². The average Bonchev–Trinajstić information content (AvgIpc) is 2.11. The Balaban J connectivity index is 3.13. The van der Waals surface area contributed by atoms with Crippen LogP contribution in [0.3, 0.4) is 0 Å². The molecular weight excluding hydrogens is 152 g/mol. The molecule has 3 nitrogen and oxygen atoms in total. The first kappa shape index (κ1) is 11.4. The van der Waals surface area contributed by atoms with Crippen LogP contribution < -0.4 is 0 Å². The van der Waals surface area contributed by atoms with Gasteiger partial charge in [-0.2, -0.15) is 5.26 Å². The van der Waals surface area contributed by atoms with Gasteiger partial charge in [-0.1, -0.05) is 13.8 Å². The predicted octanol–water partition coefficient (Wildman–Crippen LogP) is 1.26. The topological polar surface area (TPSA) is 36.3 Å². The lowest BCUT2D eigenvalue weighted by molar-refractivity contribution is 0.111. The van der Waals surface area contributed by atoms with Gasteiger partial charge in [-0.05, 0) is 13.1 Å². The maximum Gasteiger partial charge on any atom is 0.0645 e. The van der Waals surface area contributed by atoms with E-state index in [4.69, 9.17) is 10.00 Å². The number of likely N-dealkylation sites (N-methyl/N-ethyl adjacent to an activating group) is 1. The first-order chi connectivity index (χ1) is 5.85. The van der Waals surface area contributed by atoms with Crippen LogP contribution in [0.5, 0.6) is 0 Å². The van der Waals surface area contributed by atoms with Gasteiger partial charge in [0.1, 0.15) is 0 Å². The van der Waals surface area contributed by atoms with Crippen molar-refractivity contribution in [3.63, 3.8) is 0 Å². The molecule has 0 rings (SSSR count). The van der Waals surface area contributed by atoms with Gasteiger partial charge in [0, 0.05) is 6.54 Å². The minimum atomic E-state index is 0.498. The first-order valence-corrected chi connectivity index (χ1v) is 4.52. The van der Waals surface area contributed by atoms with Crippen LogP contribution in [-0.2, 0) is 4.74 Å². The zero-order chi connectivity index (χ0) is 9.23. The van der Waals surface area contributed by atoms with Crippen molar-refractivity contribution in [1.29, 1.82) is 5.26 Å². The fourth-order valence-electron chi connectivity index (χ4n) is 0.953. The van der Waals surface area contributed by atoms with Gasteiger partial charge in [0.25, 0.3) is 0 Å². The van der Waals surface area contributed by atoms with Crippen molar-refractivity contribution in [2.24, 2.45) is 0 Å². The fourth-order valence-corrected chi connectivity index (χ4v) is 0.953. The van der Waals surface area contributed by atoms with Gasteiger partial charge in [-0.15, -0.1) is 0 Å². The lowest BCUT2D eigenvalue weighted by atomic mass is 10.5. The van der Waals surface area contributed by atoms with E-state index in [0.29, 0.717) is 13.0 Å². The second-order valence-electron chi connectivity index (χ2n) is 2.55. The third kappa shape index (κ3) is 6.14. The molecule has 3 heteroatoms. The Morgan fingerprint density at radius 2 is 1.92 bits per heavy atom. The maximum absolute atomic E-state index is 8.23. The summed E-state index contributed by atoms with van der Waals surface area (Å²) < 4.78 is 5.24. The SMILES string of the molecule is CCN(CC)CCOCCC#N. The van der Waals surface area contributed by atoms with E-state index in [1.165, 1.54) is 0 Å². The van der Waals surface area contributed by atoms with Crippen molar-refractivity contribution in [2.75, 3.05) is 32.8 Å². The Kier molecular flexibility index (Phi) is 8.09. The van der Waals surface area contributed by atoms with Crippen LogP contribution in [0.2, 0.25) is 0 Å². The zero-order valence-corrected chi connectivity index (χ0v) is 8.05. The zero-order valence-electron chi connectivity index (χ0n) is 8.05. The van der Waals surface area contributed by atoms with E-state index in [1.54, 1.807) is 0 Å². The molecule has 0 heterocycles. The van der Waals surface area contributed by atoms with E-state index in [9.17, 15) is 0 Å². The summed E-state index contributed by atoms with van der Waals surface area (Å²) in [7, 11) is 0. The lowest BCUT2D eigenvalue weighted by Gasteiger charge is -2.17. The Morgan fingerprint density at radius 1 is 1.25 bits per heavy atom. The quantitative estimate of drug-likeness (QED) is 0.540. The van der Waals surface area contributed by atoms with Crippen LogP contribution in [0.15, 0.2) is 0 Å². The highest BCUT2D eigenvalue weighted by atomic mass is 16.5. The van der Waals surface area contributed by atoms with E-state index in [1.807, 2.05) is 6.07 Å². The van der Waals surface area contributed by atoms with Crippen LogP contribution in [0.25, 0.3) is 0 Å². The van der Waals surface area contributed by atoms with Crippen molar-refractivity contribution < 1.29 is 4.74 Å². The van der Waals surface area contributed by atoms with E-state index in [0.717, 1.165) is 26.2 Å². The van der Waals surface area contributed by atoms with E-state index in [2.05, 4.69) is 18.7 Å². The van der Waals surface area contributed by atoms with Gasteiger partial charge < -0.3 is 9.64 Å². The number of nitrogens with zero attached hydrogens (tertiary/aromatic N) is 2. The molecule has 0 saturated heterocycles. The molecule has 0 saturated carbocycles. The van der Waals surface area contributed by atoms with Gasteiger partial charge in [0.15, 0.2) is 0 Å². The minimum absolute atomic E-state index is 0.498. The van der Waals surface area contributed by atoms with Crippen LogP contribution >= 0.6 is 0 Å². The normalized spacial score (nSPS) is 10.2. The van der Waals surface area contributed by atoms with Gasteiger partial charge in [0.2, 0.25) is 0 Å². The Labute approximate surface area is 74.9 Å². The highest BCUT2D eigenvalue weighted by Gasteiger charge is 1.97. The molecule has 0 aromatic carbocycles. The van der Waals surface area contributed by atoms with E-state index < -0.39 is 0 Å². The molecule has 0 atom stereocenters. The summed E-state index contributed by atoms with van der Waals surface area (Å²) in [5, 5.41) is 8.23. The molecule has 0 aliphatic carbocycles. The van der Waals surface area contributed by atoms with E-state index in [-0.39, 0.29) is 0 Å². The molecular formula is C9H18N2O. The van der Waals surface area contributed by atoms with Crippen LogP contribution in [-0.4, -0.2) is 37.7 Å². The average molecular weight is 170 g/mol. The molecule has 70 valence electrons. The molecule has 0 radical (unpaired) electrons. The largest absolute Gasteiger partial charge is 0.379 e. The summed E-state index contributed by atoms with van der Waals surface area (Å²) >= 11 is 0. The molecule has 0 aliphatic rings. The monoisotopic (exact) mass is 170 g/mol. The summed E-state index contributed by atoms with van der Waals surface area (Å²) in [6, 6.07) is 2.05. The molecule has 0 fully saturated rings. The number of rotatable bonds is 7. The Bertz CT molecular complexity index is 127. The summed E-state index contributed by atoms with van der Waals surface area (Å²) in [6.07, 6.45) is 0.498. The number of nitriles is 1. The summed E-state index contributed by atoms with van der Waals surface area (Å²) in [5.74, 6) is 0. The number of ether oxygens (including phenoxy) is 1. The molecule has 0 spiro atoms. The standard InChI is InChI=1S/C9H18N2O/c1-3-11(4-2)7-9-12-8-5-6-10/h3-5,7-9H2,1-2H3. The van der Waals surface area contributed by atoms with Crippen LogP contribution in [0.4, 0.5) is 0 Å². The second kappa shape index (κ2) is 8.51. The van der Waals surface area contributed by atoms with Gasteiger partial charge in [-0.3, -0.25) is 0 Å². The van der Waals surface area contributed by atoms with E-state index >= 15 is 0 Å². The van der Waals surface area contributed by atoms with Crippen molar-refractivity contribution in [3.05, 3.63) is 0 Å². The molecule has 0 amide bonds. The van der Waals surface area contributed by atoms with Crippen molar-refractivity contribution in [2.45, 2.75) is 20.3 Å². The lowest BCUT2D eigenvalue weighted by Crippen LogP contribution is -2.27. The Morgan fingerprint density at radius 3 is 2.42 bits per heavy atom. The number of hydrogen-bond donors (Lipinski definition) is 0. The Hall–Kier alpha value is -0.590. The molecule has 0 aromatic rings. The molecule has 12 heavy (non-hydrogen) atoms. The maximum atomic E-state index is 8.23. The molecule has 0 unspecified atom stereocenters. The van der Waals surface area contributed by atoms with Gasteiger partial charge >= 0.3 is 0 Å². The fraction of sp³-hybridized carbons (Fsp3) is 0.889. The predicted molar refractivity (Wildman–Crippen MR) is 48.8 cm³/mol. The van der Waals surface area contributed by atoms with Gasteiger partial charge in [0.05, 0.1) is 25.7 Å². The third-order valence-corrected chi connectivity index (χ3v) is 1.80. The first-order valence-electron chi connectivity index (χ1n) is 4.52.